The third-order valence-corrected chi connectivity index (χ3v) is 9.49. The molecule has 1 unspecified atom stereocenters. The summed E-state index contributed by atoms with van der Waals surface area (Å²) in [5.74, 6) is 4.04. The molecular weight excluding hydrogens is 366 g/mol. The molecule has 0 amide bonds. The van der Waals surface area contributed by atoms with E-state index >= 15 is 0 Å². The van der Waals surface area contributed by atoms with Crippen molar-refractivity contribution in [1.29, 1.82) is 0 Å². The number of thioether (sulfide) groups is 1. The third kappa shape index (κ3) is 3.67. The average molecular weight is 402 g/mol. The van der Waals surface area contributed by atoms with E-state index in [9.17, 15) is 9.90 Å². The Labute approximate surface area is 174 Å². The fourth-order valence-corrected chi connectivity index (χ4v) is 8.15. The highest BCUT2D eigenvalue weighted by Crippen LogP contribution is 2.64. The van der Waals surface area contributed by atoms with Crippen LogP contribution in [0.5, 0.6) is 0 Å². The van der Waals surface area contributed by atoms with E-state index in [2.05, 4.69) is 18.8 Å². The Bertz CT molecular complexity index is 680. The summed E-state index contributed by atoms with van der Waals surface area (Å²) in [6.45, 7) is 5.17. The van der Waals surface area contributed by atoms with E-state index in [4.69, 9.17) is 0 Å². The van der Waals surface area contributed by atoms with Crippen LogP contribution in [0.2, 0.25) is 0 Å². The van der Waals surface area contributed by atoms with Crippen LogP contribution in [-0.2, 0) is 4.79 Å². The van der Waals surface area contributed by atoms with Crippen LogP contribution in [-0.4, -0.2) is 21.8 Å². The lowest BCUT2D eigenvalue weighted by Crippen LogP contribution is -2.47. The first-order valence-corrected chi connectivity index (χ1v) is 12.1. The topological polar surface area (TPSA) is 50.2 Å². The molecule has 3 nitrogen and oxygen atoms in total. The van der Waals surface area contributed by atoms with E-state index in [1.807, 2.05) is 18.2 Å². The first kappa shape index (κ1) is 20.4. The molecular formula is C24H35NO2S. The number of hydrogen-bond donors (Lipinski definition) is 1. The first-order chi connectivity index (χ1) is 13.5. The Kier molecular flexibility index (Phi) is 6.17. The number of fused-ring (bicyclic) bond motifs is 3. The fourth-order valence-electron chi connectivity index (χ4n) is 7.15. The van der Waals surface area contributed by atoms with E-state index in [1.165, 1.54) is 50.3 Å². The second kappa shape index (κ2) is 8.47. The molecule has 3 aliphatic carbocycles. The predicted octanol–water partition coefficient (Wildman–Crippen LogP) is 5.58. The molecule has 3 saturated carbocycles. The minimum Gasteiger partial charge on any atom is -0.396 e. The van der Waals surface area contributed by atoms with Crippen LogP contribution in [0.4, 0.5) is 0 Å². The van der Waals surface area contributed by atoms with Gasteiger partial charge in [0, 0.05) is 18.7 Å². The first-order valence-electron chi connectivity index (χ1n) is 11.3. The molecule has 0 radical (unpaired) electrons. The molecule has 0 aromatic carbocycles. The predicted molar refractivity (Wildman–Crippen MR) is 114 cm³/mol. The quantitative estimate of drug-likeness (QED) is 0.655. The molecule has 3 fully saturated rings. The molecule has 7 atom stereocenters. The molecule has 4 heteroatoms. The van der Waals surface area contributed by atoms with Crippen LogP contribution in [0.1, 0.15) is 65.2 Å². The molecule has 0 aliphatic heterocycles. The van der Waals surface area contributed by atoms with Gasteiger partial charge >= 0.3 is 0 Å². The molecule has 0 spiro atoms. The fraction of sp³-hybridized carbons (Fsp3) is 0.750. The number of carbonyl (C=O) groups excluding carboxylic acids is 1. The van der Waals surface area contributed by atoms with E-state index in [0.29, 0.717) is 17.6 Å². The molecule has 1 aromatic heterocycles. The smallest absolute Gasteiger partial charge is 0.198 e. The number of pyridine rings is 1. The lowest BCUT2D eigenvalue weighted by molar-refractivity contribution is -0.121. The zero-order chi connectivity index (χ0) is 19.7. The number of aromatic nitrogens is 1. The minimum atomic E-state index is 0.169. The molecule has 0 bridgehead atoms. The van der Waals surface area contributed by atoms with Gasteiger partial charge in [0.1, 0.15) is 5.03 Å². The average Bonchev–Trinajstić information content (AvgIpc) is 3.05. The maximum Gasteiger partial charge on any atom is 0.198 e. The van der Waals surface area contributed by atoms with Crippen LogP contribution >= 0.6 is 11.8 Å². The van der Waals surface area contributed by atoms with Gasteiger partial charge in [-0.2, -0.15) is 0 Å². The number of aliphatic hydroxyl groups excluding tert-OH is 1. The number of carbonyl (C=O) groups is 1. The summed E-state index contributed by atoms with van der Waals surface area (Å²) in [7, 11) is 0. The van der Waals surface area contributed by atoms with Crippen molar-refractivity contribution >= 4 is 16.9 Å². The largest absolute Gasteiger partial charge is 0.396 e. The minimum absolute atomic E-state index is 0.169. The van der Waals surface area contributed by atoms with Crippen LogP contribution < -0.4 is 0 Å². The van der Waals surface area contributed by atoms with E-state index in [-0.39, 0.29) is 11.3 Å². The molecule has 28 heavy (non-hydrogen) atoms. The van der Waals surface area contributed by atoms with Crippen molar-refractivity contribution in [3.63, 3.8) is 0 Å². The van der Waals surface area contributed by atoms with Crippen molar-refractivity contribution in [1.82, 2.24) is 4.98 Å². The van der Waals surface area contributed by atoms with Gasteiger partial charge in [-0.15, -0.1) is 0 Å². The molecule has 154 valence electrons. The Morgan fingerprint density at radius 3 is 2.82 bits per heavy atom. The van der Waals surface area contributed by atoms with Crippen LogP contribution in [0.3, 0.4) is 0 Å². The Morgan fingerprint density at radius 1 is 1.21 bits per heavy atom. The van der Waals surface area contributed by atoms with Gasteiger partial charge in [0.05, 0.1) is 0 Å². The van der Waals surface area contributed by atoms with Gasteiger partial charge in [-0.05, 0) is 104 Å². The summed E-state index contributed by atoms with van der Waals surface area (Å²) in [5, 5.41) is 10.5. The van der Waals surface area contributed by atoms with Crippen LogP contribution in [0, 0.1) is 40.9 Å². The summed E-state index contributed by atoms with van der Waals surface area (Å²) in [6.07, 6.45) is 11.3. The SMILES string of the molecule is CC1CC[C@@H]2[C@H](CC[C@]3(C)[C@@H](C(=O)Sc4ccccn4)CC[C@@H]23)[C@H]1CCCO. The van der Waals surface area contributed by atoms with Crippen molar-refractivity contribution in [2.45, 2.75) is 70.2 Å². The number of rotatable bonds is 5. The normalized spacial score (nSPS) is 40.0. The summed E-state index contributed by atoms with van der Waals surface area (Å²) < 4.78 is 0. The van der Waals surface area contributed by atoms with Crippen LogP contribution in [0.25, 0.3) is 0 Å². The van der Waals surface area contributed by atoms with Gasteiger partial charge in [0.2, 0.25) is 0 Å². The second-order valence-corrected chi connectivity index (χ2v) is 10.8. The maximum atomic E-state index is 13.2. The molecule has 1 heterocycles. The summed E-state index contributed by atoms with van der Waals surface area (Å²) in [5.41, 5.74) is 0.169. The van der Waals surface area contributed by atoms with Gasteiger partial charge in [-0.1, -0.05) is 26.3 Å². The van der Waals surface area contributed by atoms with Gasteiger partial charge in [0.25, 0.3) is 0 Å². The van der Waals surface area contributed by atoms with Crippen molar-refractivity contribution < 1.29 is 9.90 Å². The lowest BCUT2D eigenvalue weighted by atomic mass is 9.51. The van der Waals surface area contributed by atoms with Crippen molar-refractivity contribution in [3.8, 4) is 0 Å². The summed E-state index contributed by atoms with van der Waals surface area (Å²) >= 11 is 1.36. The molecule has 4 rings (SSSR count). The second-order valence-electron chi connectivity index (χ2n) is 9.78. The molecule has 0 saturated heterocycles. The lowest BCUT2D eigenvalue weighted by Gasteiger charge is -2.54. The van der Waals surface area contributed by atoms with E-state index < -0.39 is 0 Å². The highest BCUT2D eigenvalue weighted by atomic mass is 32.2. The summed E-state index contributed by atoms with van der Waals surface area (Å²) in [6, 6.07) is 5.81. The van der Waals surface area contributed by atoms with Gasteiger partial charge in [-0.3, -0.25) is 4.79 Å². The standard InChI is InChI=1S/C24H35NO2S/c1-16-8-9-19-18(17(16)6-5-15-26)12-13-24(2)20(19)10-11-21(24)23(27)28-22-7-3-4-14-25-22/h3-4,7,14,16-21,26H,5-6,8-13,15H2,1-2H3/t16?,17-,18+,19+,20-,21+,24-/m0/s1. The number of aliphatic hydroxyl groups is 1. The van der Waals surface area contributed by atoms with Crippen molar-refractivity contribution in [3.05, 3.63) is 24.4 Å². The van der Waals surface area contributed by atoms with Gasteiger partial charge in [0.15, 0.2) is 5.12 Å². The monoisotopic (exact) mass is 401 g/mol. The zero-order valence-electron chi connectivity index (χ0n) is 17.3. The molecule has 1 N–H and O–H groups in total. The Hall–Kier alpha value is -0.870. The molecule has 1 aromatic rings. The zero-order valence-corrected chi connectivity index (χ0v) is 18.2. The summed E-state index contributed by atoms with van der Waals surface area (Å²) in [4.78, 5) is 17.5. The molecule has 3 aliphatic rings. The maximum absolute atomic E-state index is 13.2. The third-order valence-electron chi connectivity index (χ3n) is 8.55. The highest BCUT2D eigenvalue weighted by Gasteiger charge is 2.57. The van der Waals surface area contributed by atoms with Crippen molar-refractivity contribution in [2.24, 2.45) is 40.9 Å². The number of nitrogens with zero attached hydrogens (tertiary/aromatic N) is 1. The highest BCUT2D eigenvalue weighted by molar-refractivity contribution is 8.13. The number of hydrogen-bond acceptors (Lipinski definition) is 4. The van der Waals surface area contributed by atoms with Gasteiger partial charge in [-0.25, -0.2) is 4.98 Å². The van der Waals surface area contributed by atoms with Gasteiger partial charge < -0.3 is 5.11 Å². The Balaban J connectivity index is 1.49. The van der Waals surface area contributed by atoms with E-state index in [1.54, 1.807) is 6.20 Å². The van der Waals surface area contributed by atoms with Crippen LogP contribution in [0.15, 0.2) is 29.4 Å². The van der Waals surface area contributed by atoms with E-state index in [0.717, 1.165) is 41.5 Å². The Morgan fingerprint density at radius 2 is 2.07 bits per heavy atom. The van der Waals surface area contributed by atoms with Crippen molar-refractivity contribution in [2.75, 3.05) is 6.61 Å².